The fourth-order valence-electron chi connectivity index (χ4n) is 1.61. The third kappa shape index (κ3) is 1.84. The molecule has 80 valence electrons. The molecular weight excluding hydrogens is 205 g/mol. The molecule has 0 amide bonds. The number of pyridine rings is 1. The number of rotatable bonds is 2. The van der Waals surface area contributed by atoms with E-state index in [1.807, 2.05) is 13.0 Å². The highest BCUT2D eigenvalue weighted by Crippen LogP contribution is 2.24. The molecule has 0 unspecified atom stereocenters. The topological polar surface area (TPSA) is 30.0 Å². The van der Waals surface area contributed by atoms with Crippen molar-refractivity contribution in [2.45, 2.75) is 6.92 Å². The predicted molar refractivity (Wildman–Crippen MR) is 59.8 cm³/mol. The maximum Gasteiger partial charge on any atom is 0.168 e. The highest BCUT2D eigenvalue weighted by Gasteiger charge is 2.09. The molecule has 0 aliphatic carbocycles. The van der Waals surface area contributed by atoms with E-state index in [4.69, 9.17) is 0 Å². The Bertz CT molecular complexity index is 517. The SMILES string of the molecule is Cc1cccc(F)c1-c1cccc(C=O)n1. The van der Waals surface area contributed by atoms with Gasteiger partial charge in [0.1, 0.15) is 11.5 Å². The molecule has 0 fully saturated rings. The number of nitrogens with zero attached hydrogens (tertiary/aromatic N) is 1. The fourth-order valence-corrected chi connectivity index (χ4v) is 1.61. The van der Waals surface area contributed by atoms with E-state index in [9.17, 15) is 9.18 Å². The maximum absolute atomic E-state index is 13.6. The Morgan fingerprint density at radius 1 is 1.19 bits per heavy atom. The quantitative estimate of drug-likeness (QED) is 0.721. The molecule has 2 aromatic rings. The van der Waals surface area contributed by atoms with Crippen LogP contribution in [0.25, 0.3) is 11.3 Å². The molecule has 0 atom stereocenters. The molecule has 0 bridgehead atoms. The zero-order chi connectivity index (χ0) is 11.5. The third-order valence-corrected chi connectivity index (χ3v) is 2.37. The van der Waals surface area contributed by atoms with Gasteiger partial charge in [-0.25, -0.2) is 9.37 Å². The Balaban J connectivity index is 2.62. The first-order valence-electron chi connectivity index (χ1n) is 4.90. The molecule has 2 nitrogen and oxygen atoms in total. The molecule has 0 saturated carbocycles. The van der Waals surface area contributed by atoms with Crippen LogP contribution in [0.4, 0.5) is 4.39 Å². The van der Waals surface area contributed by atoms with Gasteiger partial charge in [-0.2, -0.15) is 0 Å². The number of aromatic nitrogens is 1. The Morgan fingerprint density at radius 3 is 2.62 bits per heavy atom. The Hall–Kier alpha value is -2.03. The van der Waals surface area contributed by atoms with E-state index >= 15 is 0 Å². The van der Waals surface area contributed by atoms with Gasteiger partial charge in [0.15, 0.2) is 6.29 Å². The molecule has 0 aliphatic rings. The Kier molecular flexibility index (Phi) is 2.77. The number of aldehydes is 1. The van der Waals surface area contributed by atoms with Gasteiger partial charge in [0.25, 0.3) is 0 Å². The first kappa shape index (κ1) is 10.5. The first-order chi connectivity index (χ1) is 7.72. The zero-order valence-corrected chi connectivity index (χ0v) is 8.77. The summed E-state index contributed by atoms with van der Waals surface area (Å²) in [6.45, 7) is 1.81. The van der Waals surface area contributed by atoms with Gasteiger partial charge in [0, 0.05) is 5.56 Å². The average molecular weight is 215 g/mol. The highest BCUT2D eigenvalue weighted by molar-refractivity contribution is 5.74. The maximum atomic E-state index is 13.6. The van der Waals surface area contributed by atoms with Crippen LogP contribution in [-0.2, 0) is 0 Å². The van der Waals surface area contributed by atoms with Crippen LogP contribution in [0.5, 0.6) is 0 Å². The van der Waals surface area contributed by atoms with Crippen LogP contribution in [0.2, 0.25) is 0 Å². The molecule has 3 heteroatoms. The molecule has 0 radical (unpaired) electrons. The number of aryl methyl sites for hydroxylation is 1. The second kappa shape index (κ2) is 4.23. The molecule has 16 heavy (non-hydrogen) atoms. The van der Waals surface area contributed by atoms with Crippen LogP contribution in [0.3, 0.4) is 0 Å². The van der Waals surface area contributed by atoms with Crippen molar-refractivity contribution in [3.8, 4) is 11.3 Å². The lowest BCUT2D eigenvalue weighted by Gasteiger charge is -2.06. The van der Waals surface area contributed by atoms with Gasteiger partial charge in [-0.1, -0.05) is 18.2 Å². The smallest absolute Gasteiger partial charge is 0.168 e. The minimum atomic E-state index is -0.324. The molecule has 2 rings (SSSR count). The van der Waals surface area contributed by atoms with Gasteiger partial charge in [-0.05, 0) is 30.7 Å². The standard InChI is InChI=1S/C13H10FNO/c1-9-4-2-6-11(14)13(9)12-7-3-5-10(8-16)15-12/h2-8H,1H3. The molecule has 0 aliphatic heterocycles. The Labute approximate surface area is 92.8 Å². The summed E-state index contributed by atoms with van der Waals surface area (Å²) in [4.78, 5) is 14.7. The summed E-state index contributed by atoms with van der Waals surface area (Å²) in [6, 6.07) is 9.83. The summed E-state index contributed by atoms with van der Waals surface area (Å²) in [6.07, 6.45) is 0.652. The van der Waals surface area contributed by atoms with Crippen molar-refractivity contribution in [3.05, 3.63) is 53.5 Å². The van der Waals surface area contributed by atoms with Crippen LogP contribution in [0.1, 0.15) is 16.1 Å². The van der Waals surface area contributed by atoms with E-state index in [2.05, 4.69) is 4.98 Å². The van der Waals surface area contributed by atoms with Crippen molar-refractivity contribution in [1.29, 1.82) is 0 Å². The van der Waals surface area contributed by atoms with Gasteiger partial charge >= 0.3 is 0 Å². The monoisotopic (exact) mass is 215 g/mol. The average Bonchev–Trinajstić information content (AvgIpc) is 2.29. The lowest BCUT2D eigenvalue weighted by Crippen LogP contribution is -1.94. The summed E-state index contributed by atoms with van der Waals surface area (Å²) in [5.41, 5.74) is 2.04. The first-order valence-corrected chi connectivity index (χ1v) is 4.90. The highest BCUT2D eigenvalue weighted by atomic mass is 19.1. The normalized spacial score (nSPS) is 10.1. The van der Waals surface area contributed by atoms with Crippen LogP contribution < -0.4 is 0 Å². The van der Waals surface area contributed by atoms with Crippen LogP contribution in [0, 0.1) is 12.7 Å². The number of hydrogen-bond acceptors (Lipinski definition) is 2. The van der Waals surface area contributed by atoms with Crippen molar-refractivity contribution in [2.75, 3.05) is 0 Å². The second-order valence-electron chi connectivity index (χ2n) is 3.50. The van der Waals surface area contributed by atoms with Crippen LogP contribution >= 0.6 is 0 Å². The van der Waals surface area contributed by atoms with Gasteiger partial charge in [0.2, 0.25) is 0 Å². The van der Waals surface area contributed by atoms with E-state index in [-0.39, 0.29) is 5.82 Å². The van der Waals surface area contributed by atoms with Gasteiger partial charge < -0.3 is 0 Å². The van der Waals surface area contributed by atoms with E-state index in [0.29, 0.717) is 23.2 Å². The molecule has 0 saturated heterocycles. The van der Waals surface area contributed by atoms with Crippen LogP contribution in [-0.4, -0.2) is 11.3 Å². The van der Waals surface area contributed by atoms with Crippen molar-refractivity contribution < 1.29 is 9.18 Å². The second-order valence-corrected chi connectivity index (χ2v) is 3.50. The van der Waals surface area contributed by atoms with Crippen LogP contribution in [0.15, 0.2) is 36.4 Å². The Morgan fingerprint density at radius 2 is 1.94 bits per heavy atom. The minimum absolute atomic E-state index is 0.306. The summed E-state index contributed by atoms with van der Waals surface area (Å²) >= 11 is 0. The summed E-state index contributed by atoms with van der Waals surface area (Å²) in [5.74, 6) is -0.324. The van der Waals surface area contributed by atoms with Crippen molar-refractivity contribution in [1.82, 2.24) is 4.98 Å². The number of carbonyl (C=O) groups is 1. The van der Waals surface area contributed by atoms with Gasteiger partial charge in [0.05, 0.1) is 5.69 Å². The number of carbonyl (C=O) groups excluding carboxylic acids is 1. The molecule has 1 heterocycles. The van der Waals surface area contributed by atoms with Gasteiger partial charge in [-0.15, -0.1) is 0 Å². The lowest BCUT2D eigenvalue weighted by molar-refractivity contribution is 0.111. The minimum Gasteiger partial charge on any atom is -0.296 e. The van der Waals surface area contributed by atoms with Gasteiger partial charge in [-0.3, -0.25) is 4.79 Å². The van der Waals surface area contributed by atoms with E-state index in [1.54, 1.807) is 24.3 Å². The lowest BCUT2D eigenvalue weighted by atomic mass is 10.0. The predicted octanol–water partition coefficient (Wildman–Crippen LogP) is 3.01. The molecule has 1 aromatic heterocycles. The van der Waals surface area contributed by atoms with E-state index < -0.39 is 0 Å². The summed E-state index contributed by atoms with van der Waals surface area (Å²) in [7, 11) is 0. The molecular formula is C13H10FNO. The summed E-state index contributed by atoms with van der Waals surface area (Å²) < 4.78 is 13.6. The zero-order valence-electron chi connectivity index (χ0n) is 8.77. The molecule has 0 N–H and O–H groups in total. The summed E-state index contributed by atoms with van der Waals surface area (Å²) in [5, 5.41) is 0. The largest absolute Gasteiger partial charge is 0.296 e. The molecule has 1 aromatic carbocycles. The van der Waals surface area contributed by atoms with E-state index in [0.717, 1.165) is 5.56 Å². The number of benzene rings is 1. The fraction of sp³-hybridized carbons (Fsp3) is 0.0769. The third-order valence-electron chi connectivity index (χ3n) is 2.37. The van der Waals surface area contributed by atoms with Crippen molar-refractivity contribution in [3.63, 3.8) is 0 Å². The number of hydrogen-bond donors (Lipinski definition) is 0. The van der Waals surface area contributed by atoms with Crippen molar-refractivity contribution in [2.24, 2.45) is 0 Å². The molecule has 0 spiro atoms. The van der Waals surface area contributed by atoms with Crippen molar-refractivity contribution >= 4 is 6.29 Å². The van der Waals surface area contributed by atoms with E-state index in [1.165, 1.54) is 6.07 Å². The number of halogens is 1.